The third-order valence-electron chi connectivity index (χ3n) is 2.21. The highest BCUT2D eigenvalue weighted by Gasteiger charge is 2.31. The fourth-order valence-corrected chi connectivity index (χ4v) is 1.40. The third-order valence-corrected chi connectivity index (χ3v) is 2.21. The topological polar surface area (TPSA) is 52.4 Å². The van der Waals surface area contributed by atoms with Crippen molar-refractivity contribution in [1.29, 1.82) is 0 Å². The zero-order valence-electron chi connectivity index (χ0n) is 10.3. The zero-order valence-corrected chi connectivity index (χ0v) is 10.3. The summed E-state index contributed by atoms with van der Waals surface area (Å²) in [5.74, 6) is -0.755. The standard InChI is InChI=1S/C12H12F3NO3/c1-8(2)11(16(17)18)7-9-4-3-5-10(6-9)19-12(13,14)15/h3-8H,1-2H3/b11-7-. The van der Waals surface area contributed by atoms with Crippen molar-refractivity contribution in [3.63, 3.8) is 0 Å². The summed E-state index contributed by atoms with van der Waals surface area (Å²) in [5.41, 5.74) is 0.200. The molecule has 0 aliphatic heterocycles. The summed E-state index contributed by atoms with van der Waals surface area (Å²) in [6.07, 6.45) is -3.56. The minimum Gasteiger partial charge on any atom is -0.406 e. The van der Waals surface area contributed by atoms with E-state index < -0.39 is 17.0 Å². The van der Waals surface area contributed by atoms with Gasteiger partial charge in [0.15, 0.2) is 0 Å². The molecule has 1 aromatic carbocycles. The number of nitrogens with zero attached hydrogens (tertiary/aromatic N) is 1. The second kappa shape index (κ2) is 5.73. The van der Waals surface area contributed by atoms with Crippen molar-refractivity contribution in [2.45, 2.75) is 20.2 Å². The van der Waals surface area contributed by atoms with E-state index in [0.29, 0.717) is 0 Å². The molecule has 0 spiro atoms. The van der Waals surface area contributed by atoms with Crippen LogP contribution < -0.4 is 4.74 Å². The molecule has 0 aromatic heterocycles. The molecule has 19 heavy (non-hydrogen) atoms. The van der Waals surface area contributed by atoms with Crippen LogP contribution in [0.4, 0.5) is 13.2 Å². The molecule has 0 unspecified atom stereocenters. The molecule has 4 nitrogen and oxygen atoms in total. The molecule has 0 saturated heterocycles. The molecule has 1 aromatic rings. The van der Waals surface area contributed by atoms with E-state index in [9.17, 15) is 23.3 Å². The Labute approximate surface area is 107 Å². The maximum absolute atomic E-state index is 12.0. The molecule has 0 amide bonds. The number of nitro groups is 1. The first-order chi connectivity index (χ1) is 8.69. The van der Waals surface area contributed by atoms with Crippen LogP contribution in [0.2, 0.25) is 0 Å². The number of benzene rings is 1. The predicted molar refractivity (Wildman–Crippen MR) is 62.9 cm³/mol. The Balaban J connectivity index is 3.05. The number of rotatable bonds is 4. The number of hydrogen-bond acceptors (Lipinski definition) is 3. The lowest BCUT2D eigenvalue weighted by Crippen LogP contribution is -2.17. The van der Waals surface area contributed by atoms with Gasteiger partial charge < -0.3 is 4.74 Å². The van der Waals surface area contributed by atoms with Crippen molar-refractivity contribution in [3.8, 4) is 5.75 Å². The van der Waals surface area contributed by atoms with Gasteiger partial charge in [-0.1, -0.05) is 26.0 Å². The van der Waals surface area contributed by atoms with Crippen molar-refractivity contribution >= 4 is 6.08 Å². The van der Waals surface area contributed by atoms with E-state index >= 15 is 0 Å². The van der Waals surface area contributed by atoms with Gasteiger partial charge in [0.2, 0.25) is 5.70 Å². The summed E-state index contributed by atoms with van der Waals surface area (Å²) in [5, 5.41) is 10.8. The van der Waals surface area contributed by atoms with E-state index in [1.54, 1.807) is 13.8 Å². The molecule has 1 rings (SSSR count). The molecule has 0 saturated carbocycles. The Morgan fingerprint density at radius 2 is 2.05 bits per heavy atom. The number of hydrogen-bond donors (Lipinski definition) is 0. The molecular formula is C12H12F3NO3. The monoisotopic (exact) mass is 275 g/mol. The molecule has 0 bridgehead atoms. The summed E-state index contributed by atoms with van der Waals surface area (Å²) in [4.78, 5) is 10.2. The van der Waals surface area contributed by atoms with Crippen LogP contribution in [0.3, 0.4) is 0 Å². The van der Waals surface area contributed by atoms with Gasteiger partial charge in [0.25, 0.3) is 0 Å². The minimum atomic E-state index is -4.79. The van der Waals surface area contributed by atoms with Crippen molar-refractivity contribution in [1.82, 2.24) is 0 Å². The lowest BCUT2D eigenvalue weighted by molar-refractivity contribution is -0.431. The van der Waals surface area contributed by atoms with Crippen LogP contribution in [0.15, 0.2) is 30.0 Å². The maximum atomic E-state index is 12.0. The van der Waals surface area contributed by atoms with Gasteiger partial charge in [-0.05, 0) is 17.7 Å². The fraction of sp³-hybridized carbons (Fsp3) is 0.333. The van der Waals surface area contributed by atoms with Gasteiger partial charge in [-0.25, -0.2) is 0 Å². The van der Waals surface area contributed by atoms with Crippen LogP contribution in [0.1, 0.15) is 19.4 Å². The first kappa shape index (κ1) is 15.0. The van der Waals surface area contributed by atoms with Gasteiger partial charge in [-0.15, -0.1) is 13.2 Å². The van der Waals surface area contributed by atoms with Gasteiger partial charge in [0.05, 0.1) is 4.92 Å². The molecule has 0 radical (unpaired) electrons. The van der Waals surface area contributed by atoms with Gasteiger partial charge in [0, 0.05) is 12.0 Å². The zero-order chi connectivity index (χ0) is 14.6. The largest absolute Gasteiger partial charge is 0.573 e. The Morgan fingerprint density at radius 1 is 1.42 bits per heavy atom. The number of alkyl halides is 3. The van der Waals surface area contributed by atoms with Crippen LogP contribution in [0, 0.1) is 16.0 Å². The number of halogens is 3. The molecule has 0 aliphatic rings. The Hall–Kier alpha value is -2.05. The summed E-state index contributed by atoms with van der Waals surface area (Å²) in [6.45, 7) is 3.26. The second-order valence-corrected chi connectivity index (χ2v) is 4.10. The molecular weight excluding hydrogens is 263 g/mol. The van der Waals surface area contributed by atoms with E-state index in [4.69, 9.17) is 0 Å². The quantitative estimate of drug-likeness (QED) is 0.619. The molecule has 104 valence electrons. The van der Waals surface area contributed by atoms with Crippen LogP contribution in [-0.2, 0) is 0 Å². The van der Waals surface area contributed by atoms with Crippen molar-refractivity contribution < 1.29 is 22.8 Å². The number of allylic oxidation sites excluding steroid dienone is 1. The lowest BCUT2D eigenvalue weighted by atomic mass is 10.1. The first-order valence-electron chi connectivity index (χ1n) is 5.41. The highest BCUT2D eigenvalue weighted by molar-refractivity contribution is 5.53. The van der Waals surface area contributed by atoms with Crippen LogP contribution in [0.5, 0.6) is 5.75 Å². The number of ether oxygens (including phenoxy) is 1. The van der Waals surface area contributed by atoms with E-state index in [1.165, 1.54) is 18.2 Å². The van der Waals surface area contributed by atoms with E-state index in [2.05, 4.69) is 4.74 Å². The van der Waals surface area contributed by atoms with Crippen molar-refractivity contribution in [2.75, 3.05) is 0 Å². The van der Waals surface area contributed by atoms with Crippen LogP contribution >= 0.6 is 0 Å². The third kappa shape index (κ3) is 4.99. The van der Waals surface area contributed by atoms with E-state index in [1.807, 2.05) is 0 Å². The SMILES string of the molecule is CC(C)/C(=C/c1cccc(OC(F)(F)F)c1)[N+](=O)[O-]. The average Bonchev–Trinajstić information content (AvgIpc) is 2.23. The Bertz CT molecular complexity index is 495. The summed E-state index contributed by atoms with van der Waals surface area (Å²) < 4.78 is 39.9. The first-order valence-corrected chi connectivity index (χ1v) is 5.41. The van der Waals surface area contributed by atoms with Gasteiger partial charge >= 0.3 is 6.36 Å². The van der Waals surface area contributed by atoms with Crippen LogP contribution in [-0.4, -0.2) is 11.3 Å². The highest BCUT2D eigenvalue weighted by Crippen LogP contribution is 2.24. The average molecular weight is 275 g/mol. The fourth-order valence-electron chi connectivity index (χ4n) is 1.40. The molecule has 7 heteroatoms. The molecule has 0 heterocycles. The van der Waals surface area contributed by atoms with Crippen LogP contribution in [0.25, 0.3) is 6.08 Å². The van der Waals surface area contributed by atoms with E-state index in [0.717, 1.165) is 12.1 Å². The highest BCUT2D eigenvalue weighted by atomic mass is 19.4. The van der Waals surface area contributed by atoms with E-state index in [-0.39, 0.29) is 17.2 Å². The maximum Gasteiger partial charge on any atom is 0.573 e. The summed E-state index contributed by atoms with van der Waals surface area (Å²) in [6, 6.07) is 5.03. The predicted octanol–water partition coefficient (Wildman–Crippen LogP) is 3.86. The normalized spacial score (nSPS) is 12.6. The van der Waals surface area contributed by atoms with Gasteiger partial charge in [-0.2, -0.15) is 0 Å². The second-order valence-electron chi connectivity index (χ2n) is 4.10. The Morgan fingerprint density at radius 3 is 2.53 bits per heavy atom. The van der Waals surface area contributed by atoms with Crippen molar-refractivity contribution in [3.05, 3.63) is 45.6 Å². The van der Waals surface area contributed by atoms with Gasteiger partial charge in [-0.3, -0.25) is 10.1 Å². The summed E-state index contributed by atoms with van der Waals surface area (Å²) >= 11 is 0. The summed E-state index contributed by atoms with van der Waals surface area (Å²) in [7, 11) is 0. The molecule has 0 atom stereocenters. The van der Waals surface area contributed by atoms with Crippen molar-refractivity contribution in [2.24, 2.45) is 5.92 Å². The Kier molecular flexibility index (Phi) is 4.52. The minimum absolute atomic E-state index is 0.0795. The molecule has 0 aliphatic carbocycles. The molecule has 0 N–H and O–H groups in total. The molecule has 0 fully saturated rings. The lowest BCUT2D eigenvalue weighted by Gasteiger charge is -2.09. The smallest absolute Gasteiger partial charge is 0.406 e. The van der Waals surface area contributed by atoms with Gasteiger partial charge in [0.1, 0.15) is 5.75 Å².